The Morgan fingerprint density at radius 2 is 1.24 bits per heavy atom. The number of carbonyl (C=O) groups excluding carboxylic acids is 2. The second kappa shape index (κ2) is 29.3. The minimum atomic E-state index is -2.24. The second-order valence-electron chi connectivity index (χ2n) is 19.7. The maximum absolute atomic E-state index is 14.0. The van der Waals surface area contributed by atoms with Crippen molar-refractivity contribution < 1.29 is 79.6 Å². The molecule has 3 fully saturated rings. The van der Waals surface area contributed by atoms with Crippen molar-refractivity contribution in [3.63, 3.8) is 0 Å². The number of aliphatic hydroxyl groups excluding tert-OH is 9. The van der Waals surface area contributed by atoms with Crippen LogP contribution in [0.2, 0.25) is 0 Å². The average Bonchev–Trinajstić information content (AvgIpc) is 3.80. The van der Waals surface area contributed by atoms with Gasteiger partial charge in [-0.15, -0.1) is 0 Å². The van der Waals surface area contributed by atoms with Crippen LogP contribution in [0.3, 0.4) is 0 Å². The van der Waals surface area contributed by atoms with Crippen LogP contribution in [-0.4, -0.2) is 166 Å². The molecule has 1 saturated carbocycles. The third-order valence-corrected chi connectivity index (χ3v) is 13.7. The molecule has 18 nitrogen and oxygen atoms in total. The van der Waals surface area contributed by atoms with E-state index in [4.69, 9.17) is 24.7 Å². The lowest BCUT2D eigenvalue weighted by Gasteiger charge is -2.46. The van der Waals surface area contributed by atoms with Gasteiger partial charge in [-0.1, -0.05) is 112 Å². The first-order valence-electron chi connectivity index (χ1n) is 24.9. The van der Waals surface area contributed by atoms with Gasteiger partial charge in [0.15, 0.2) is 12.1 Å². The molecule has 3 aliphatic heterocycles. The van der Waals surface area contributed by atoms with Gasteiger partial charge in [0.1, 0.15) is 12.2 Å². The van der Waals surface area contributed by atoms with Gasteiger partial charge < -0.3 is 81.1 Å². The number of cyclic esters (lactones) is 1. The Hall–Kier alpha value is -3.44. The minimum absolute atomic E-state index is 0.0856. The molecule has 1 amide bonds. The van der Waals surface area contributed by atoms with Crippen molar-refractivity contribution in [2.45, 2.75) is 208 Å². The maximum atomic E-state index is 14.0. The van der Waals surface area contributed by atoms with Crippen molar-refractivity contribution in [3.05, 3.63) is 85.1 Å². The Morgan fingerprint density at radius 1 is 0.657 bits per heavy atom. The van der Waals surface area contributed by atoms with E-state index in [0.717, 1.165) is 25.7 Å². The fourth-order valence-electron chi connectivity index (χ4n) is 9.36. The number of fused-ring (bicyclic) bond motifs is 2. The van der Waals surface area contributed by atoms with Gasteiger partial charge in [-0.2, -0.15) is 0 Å². The summed E-state index contributed by atoms with van der Waals surface area (Å²) in [5, 5.41) is 113. The van der Waals surface area contributed by atoms with E-state index >= 15 is 0 Å². The lowest BCUT2D eigenvalue weighted by atomic mass is 9.82. The maximum Gasteiger partial charge on any atom is 0.308 e. The van der Waals surface area contributed by atoms with Crippen LogP contribution in [0.15, 0.2) is 85.1 Å². The number of amides is 1. The molecule has 13 N–H and O–H groups in total. The van der Waals surface area contributed by atoms with Crippen LogP contribution < -0.4 is 11.1 Å². The molecule has 18 heteroatoms. The van der Waals surface area contributed by atoms with Gasteiger partial charge in [0.05, 0.1) is 85.5 Å². The summed E-state index contributed by atoms with van der Waals surface area (Å²) >= 11 is 0. The molecular formula is C52H82N2O16. The van der Waals surface area contributed by atoms with Crippen LogP contribution in [0.1, 0.15) is 105 Å². The zero-order valence-corrected chi connectivity index (χ0v) is 41.0. The Morgan fingerprint density at radius 3 is 1.86 bits per heavy atom. The highest BCUT2D eigenvalue weighted by Crippen LogP contribution is 2.38. The summed E-state index contributed by atoms with van der Waals surface area (Å²) < 4.78 is 23.8. The zero-order chi connectivity index (χ0) is 51.5. The number of ether oxygens (including phenoxy) is 4. The monoisotopic (exact) mass is 991 g/mol. The summed E-state index contributed by atoms with van der Waals surface area (Å²) in [5.74, 6) is -5.41. The van der Waals surface area contributed by atoms with E-state index in [1.54, 1.807) is 63.3 Å². The van der Waals surface area contributed by atoms with Gasteiger partial charge in [-0.05, 0) is 46.0 Å². The molecule has 70 heavy (non-hydrogen) atoms. The molecule has 0 spiro atoms. The number of esters is 1. The third-order valence-electron chi connectivity index (χ3n) is 13.7. The third kappa shape index (κ3) is 19.2. The predicted octanol–water partition coefficient (Wildman–Crippen LogP) is 1.69. The van der Waals surface area contributed by atoms with Crippen molar-refractivity contribution in [1.29, 1.82) is 0 Å². The Bertz CT molecular complexity index is 1800. The fourth-order valence-corrected chi connectivity index (χ4v) is 9.36. The van der Waals surface area contributed by atoms with Crippen LogP contribution in [0.4, 0.5) is 0 Å². The van der Waals surface area contributed by atoms with Crippen LogP contribution in [0.5, 0.6) is 0 Å². The molecule has 396 valence electrons. The predicted molar refractivity (Wildman–Crippen MR) is 260 cm³/mol. The normalized spacial score (nSPS) is 44.5. The number of carbonyl (C=O) groups is 2. The van der Waals surface area contributed by atoms with Gasteiger partial charge in [0, 0.05) is 43.6 Å². The summed E-state index contributed by atoms with van der Waals surface area (Å²) in [4.78, 5) is 26.6. The molecule has 1 aliphatic carbocycles. The molecule has 0 aromatic rings. The van der Waals surface area contributed by atoms with Gasteiger partial charge in [0.2, 0.25) is 5.91 Å². The highest BCUT2D eigenvalue weighted by Gasteiger charge is 2.51. The van der Waals surface area contributed by atoms with Crippen molar-refractivity contribution >= 4 is 11.9 Å². The largest absolute Gasteiger partial charge is 0.462 e. The highest BCUT2D eigenvalue weighted by molar-refractivity contribution is 5.80. The van der Waals surface area contributed by atoms with E-state index in [1.165, 1.54) is 0 Å². The molecule has 0 aromatic carbocycles. The van der Waals surface area contributed by atoms with Crippen molar-refractivity contribution in [3.8, 4) is 0 Å². The molecule has 3 heterocycles. The summed E-state index contributed by atoms with van der Waals surface area (Å²) in [6.07, 6.45) is 8.65. The number of aliphatic hydroxyl groups is 10. The first-order chi connectivity index (χ1) is 33.2. The van der Waals surface area contributed by atoms with Crippen molar-refractivity contribution in [2.75, 3.05) is 0 Å². The van der Waals surface area contributed by atoms with Crippen LogP contribution in [-0.2, 0) is 28.5 Å². The molecule has 0 unspecified atom stereocenters. The highest BCUT2D eigenvalue weighted by atomic mass is 16.7. The lowest BCUT2D eigenvalue weighted by molar-refractivity contribution is -0.307. The smallest absolute Gasteiger partial charge is 0.308 e. The van der Waals surface area contributed by atoms with Crippen molar-refractivity contribution in [2.24, 2.45) is 23.5 Å². The summed E-state index contributed by atoms with van der Waals surface area (Å²) in [6.45, 7) is 6.82. The number of nitrogens with one attached hydrogen (secondary N) is 1. The average molecular weight is 991 g/mol. The number of hydrogen-bond acceptors (Lipinski definition) is 17. The topological polar surface area (TPSA) is 311 Å². The lowest BCUT2D eigenvalue weighted by Crippen LogP contribution is -2.62. The Kier molecular flexibility index (Phi) is 24.8. The van der Waals surface area contributed by atoms with E-state index in [1.807, 2.05) is 49.5 Å². The van der Waals surface area contributed by atoms with E-state index in [9.17, 15) is 60.7 Å². The van der Waals surface area contributed by atoms with Crippen molar-refractivity contribution in [1.82, 2.24) is 5.32 Å². The van der Waals surface area contributed by atoms with Gasteiger partial charge in [0.25, 0.3) is 0 Å². The van der Waals surface area contributed by atoms with Gasteiger partial charge >= 0.3 is 5.97 Å². The Labute approximate surface area is 412 Å². The number of allylic oxidation sites excluding steroid dienone is 12. The molecule has 4 aliphatic rings. The second-order valence-corrected chi connectivity index (χ2v) is 19.7. The zero-order valence-electron chi connectivity index (χ0n) is 41.0. The standard InChI is InChI=1S/C52H82N2O16/c1-31-19-15-13-11-9-7-5-6-8-10-12-14-16-22-39(69-51-49(64)46(53)48(63)34(4)68-51)28-43-45(50(65)54-35-20-17-18-21-35)42(60)30-52(66,70-43)29-38(57)26-41(59)40(58)24-23-36(55)25-37(56)27-44(61)67-33(3)32(2)47(31)62/h5-16,19,22,31-43,45-49,51,55-60,62-64,66H,17-18,20-21,23-30,53H2,1-4H3,(H,54,65)/b6-5+,9-7+,10-8+,13-11+,14-12+,19-15+,22-16+/t31-,32-,33-,34+,36+,37+,38-,39-,40+,41+,42-,43-,45+,46-,47+,48+,49-,51-,52+/m0/s1. The molecule has 0 aromatic heterocycles. The molecule has 19 atom stereocenters. The van der Waals surface area contributed by atoms with E-state index in [0.29, 0.717) is 0 Å². The van der Waals surface area contributed by atoms with Crippen LogP contribution in [0, 0.1) is 17.8 Å². The van der Waals surface area contributed by atoms with E-state index in [-0.39, 0.29) is 37.6 Å². The quantitative estimate of drug-likeness (QED) is 0.178. The Balaban J connectivity index is 1.59. The summed E-state index contributed by atoms with van der Waals surface area (Å²) in [7, 11) is 0. The molecule has 2 bridgehead atoms. The molecular weight excluding hydrogens is 909 g/mol. The van der Waals surface area contributed by atoms with Crippen LogP contribution >= 0.6 is 0 Å². The first kappa shape index (κ1) is 59.1. The number of hydrogen-bond donors (Lipinski definition) is 12. The van der Waals surface area contributed by atoms with Gasteiger partial charge in [-0.25, -0.2) is 0 Å². The minimum Gasteiger partial charge on any atom is -0.462 e. The fraction of sp³-hybridized carbons (Fsp3) is 0.692. The van der Waals surface area contributed by atoms with E-state index < -0.39 is 147 Å². The number of nitrogens with two attached hydrogens (primary N) is 1. The van der Waals surface area contributed by atoms with E-state index in [2.05, 4.69) is 5.32 Å². The number of rotatable bonds is 4. The molecule has 2 saturated heterocycles. The van der Waals surface area contributed by atoms with Gasteiger partial charge in [-0.3, -0.25) is 9.59 Å². The summed E-state index contributed by atoms with van der Waals surface area (Å²) in [5.41, 5.74) is 6.12. The molecule has 0 radical (unpaired) electrons. The SMILES string of the molecule is C[C@@H]1[C@H](O)[C@@H](C)/C=C/C=C/C=C/C=C/C=C/C=C/C=C/[C@H](O[C@@H]2O[C@H](C)[C@@H](O)[C@H](N)[C@@H]2O)C[C@@H]2O[C@](O)(C[C@@H](O)C[C@@H](O)[C@H](O)CC[C@@H](O)C[C@@H](O)CC(=O)O[C@H]1C)C[C@H](O)[C@H]2C(=O)NC1CCCC1. The van der Waals surface area contributed by atoms with Crippen LogP contribution in [0.25, 0.3) is 0 Å². The first-order valence-corrected chi connectivity index (χ1v) is 24.9. The molecule has 4 rings (SSSR count). The summed E-state index contributed by atoms with van der Waals surface area (Å²) in [6, 6.07) is -1.24.